The summed E-state index contributed by atoms with van der Waals surface area (Å²) in [6.07, 6.45) is 6.66. The summed E-state index contributed by atoms with van der Waals surface area (Å²) in [5, 5.41) is 2.68. The summed E-state index contributed by atoms with van der Waals surface area (Å²) in [5.41, 5.74) is 5.48. The average Bonchev–Trinajstić information content (AvgIpc) is 2.95. The number of hydrogen-bond acceptors (Lipinski definition) is 3. The minimum absolute atomic E-state index is 0.0433. The maximum atomic E-state index is 12.9. The molecule has 0 aromatic heterocycles. The van der Waals surface area contributed by atoms with Gasteiger partial charge in [0.25, 0.3) is 0 Å². The number of likely N-dealkylation sites (N-methyl/N-ethyl adjacent to an activating group) is 1. The fraction of sp³-hybridized carbons (Fsp3) is 0.857. The molecule has 2 fully saturated rings. The number of nitrogens with one attached hydrogen (secondary N) is 1. The lowest BCUT2D eigenvalue weighted by molar-refractivity contribution is -0.150. The van der Waals surface area contributed by atoms with Gasteiger partial charge in [0, 0.05) is 20.1 Å². The van der Waals surface area contributed by atoms with E-state index in [-0.39, 0.29) is 17.9 Å². The molecule has 5 heteroatoms. The molecule has 5 nitrogen and oxygen atoms in total. The van der Waals surface area contributed by atoms with Crippen LogP contribution in [0.5, 0.6) is 0 Å². The summed E-state index contributed by atoms with van der Waals surface area (Å²) in [6, 6.07) is -0.296. The smallest absolute Gasteiger partial charge is 0.242 e. The number of nitrogens with zero attached hydrogens (tertiary/aromatic N) is 1. The Morgan fingerprint density at radius 2 is 1.95 bits per heavy atom. The van der Waals surface area contributed by atoms with Gasteiger partial charge in [-0.25, -0.2) is 0 Å². The molecule has 0 radical (unpaired) electrons. The predicted molar refractivity (Wildman–Crippen MR) is 73.4 cm³/mol. The van der Waals surface area contributed by atoms with Crippen molar-refractivity contribution in [1.82, 2.24) is 10.2 Å². The quantitative estimate of drug-likeness (QED) is 0.787. The molecule has 1 unspecified atom stereocenters. The molecule has 0 bridgehead atoms. The van der Waals surface area contributed by atoms with Crippen LogP contribution in [0.2, 0.25) is 0 Å². The third-order valence-electron chi connectivity index (χ3n) is 4.72. The first-order chi connectivity index (χ1) is 9.14. The van der Waals surface area contributed by atoms with E-state index in [4.69, 9.17) is 5.73 Å². The highest BCUT2D eigenvalue weighted by Gasteiger charge is 2.45. The monoisotopic (exact) mass is 267 g/mol. The van der Waals surface area contributed by atoms with Crippen LogP contribution >= 0.6 is 0 Å². The van der Waals surface area contributed by atoms with Crippen molar-refractivity contribution in [2.24, 2.45) is 11.1 Å². The molecule has 19 heavy (non-hydrogen) atoms. The molecule has 1 saturated carbocycles. The molecule has 0 spiro atoms. The maximum Gasteiger partial charge on any atom is 0.242 e. The molecule has 2 rings (SSSR count). The van der Waals surface area contributed by atoms with Gasteiger partial charge in [0.1, 0.15) is 6.04 Å². The lowest BCUT2D eigenvalue weighted by atomic mass is 9.83. The average molecular weight is 267 g/mol. The van der Waals surface area contributed by atoms with Crippen molar-refractivity contribution in [3.8, 4) is 0 Å². The van der Waals surface area contributed by atoms with Gasteiger partial charge in [-0.05, 0) is 32.1 Å². The van der Waals surface area contributed by atoms with E-state index in [0.717, 1.165) is 44.9 Å². The topological polar surface area (TPSA) is 75.4 Å². The van der Waals surface area contributed by atoms with E-state index in [1.807, 2.05) is 0 Å². The lowest BCUT2D eigenvalue weighted by Gasteiger charge is -2.40. The first-order valence-electron chi connectivity index (χ1n) is 7.37. The number of likely N-dealkylation sites (tertiary alicyclic amines) is 1. The van der Waals surface area contributed by atoms with Crippen LogP contribution in [0, 0.1) is 5.41 Å². The largest absolute Gasteiger partial charge is 0.357 e. The van der Waals surface area contributed by atoms with Gasteiger partial charge in [-0.15, -0.1) is 0 Å². The predicted octanol–water partition coefficient (Wildman–Crippen LogP) is 0.633. The van der Waals surface area contributed by atoms with Crippen LogP contribution in [0.15, 0.2) is 0 Å². The zero-order chi connectivity index (χ0) is 13.9. The summed E-state index contributed by atoms with van der Waals surface area (Å²) in [7, 11) is 1.63. The zero-order valence-corrected chi connectivity index (χ0v) is 11.8. The second kappa shape index (κ2) is 5.90. The summed E-state index contributed by atoms with van der Waals surface area (Å²) >= 11 is 0. The Morgan fingerprint density at radius 3 is 2.53 bits per heavy atom. The SMILES string of the molecule is CNC(=O)C1CCCCN1C(=O)C1(CN)CCCC1. The van der Waals surface area contributed by atoms with Gasteiger partial charge in [-0.3, -0.25) is 9.59 Å². The molecule has 1 aliphatic carbocycles. The van der Waals surface area contributed by atoms with Crippen molar-refractivity contribution in [1.29, 1.82) is 0 Å². The third kappa shape index (κ3) is 2.61. The van der Waals surface area contributed by atoms with E-state index in [1.54, 1.807) is 11.9 Å². The van der Waals surface area contributed by atoms with Gasteiger partial charge >= 0.3 is 0 Å². The molecular weight excluding hydrogens is 242 g/mol. The Hall–Kier alpha value is -1.10. The first-order valence-corrected chi connectivity index (χ1v) is 7.37. The van der Waals surface area contributed by atoms with E-state index in [0.29, 0.717) is 13.1 Å². The number of carbonyl (C=O) groups excluding carboxylic acids is 2. The summed E-state index contributed by atoms with van der Waals surface area (Å²) in [6.45, 7) is 1.10. The van der Waals surface area contributed by atoms with Crippen molar-refractivity contribution >= 4 is 11.8 Å². The number of nitrogens with two attached hydrogens (primary N) is 1. The van der Waals surface area contributed by atoms with Gasteiger partial charge in [0.05, 0.1) is 5.41 Å². The molecule has 2 aliphatic rings. The van der Waals surface area contributed by atoms with E-state index in [2.05, 4.69) is 5.32 Å². The van der Waals surface area contributed by atoms with Crippen LogP contribution in [0.1, 0.15) is 44.9 Å². The van der Waals surface area contributed by atoms with Gasteiger partial charge in [-0.2, -0.15) is 0 Å². The molecule has 0 aromatic rings. The zero-order valence-electron chi connectivity index (χ0n) is 11.8. The molecule has 0 aromatic carbocycles. The fourth-order valence-electron chi connectivity index (χ4n) is 3.48. The second-order valence-corrected chi connectivity index (χ2v) is 5.82. The fourth-order valence-corrected chi connectivity index (χ4v) is 3.48. The highest BCUT2D eigenvalue weighted by molar-refractivity contribution is 5.90. The number of amides is 2. The third-order valence-corrected chi connectivity index (χ3v) is 4.72. The summed E-state index contributed by atoms with van der Waals surface area (Å²) < 4.78 is 0. The molecule has 1 atom stereocenters. The Morgan fingerprint density at radius 1 is 1.26 bits per heavy atom. The second-order valence-electron chi connectivity index (χ2n) is 5.82. The number of rotatable bonds is 3. The maximum absolute atomic E-state index is 12.9. The molecule has 3 N–H and O–H groups in total. The Labute approximate surface area is 114 Å². The number of hydrogen-bond donors (Lipinski definition) is 2. The van der Waals surface area contributed by atoms with Crippen molar-refractivity contribution in [3.05, 3.63) is 0 Å². The highest BCUT2D eigenvalue weighted by atomic mass is 16.2. The van der Waals surface area contributed by atoms with Gasteiger partial charge in [-0.1, -0.05) is 12.8 Å². The normalized spacial score (nSPS) is 26.2. The minimum Gasteiger partial charge on any atom is -0.357 e. The van der Waals surface area contributed by atoms with Gasteiger partial charge in [0.15, 0.2) is 0 Å². The molecule has 108 valence electrons. The van der Waals surface area contributed by atoms with Crippen LogP contribution in [0.3, 0.4) is 0 Å². The summed E-state index contributed by atoms with van der Waals surface area (Å²) in [4.78, 5) is 26.6. The van der Waals surface area contributed by atoms with Crippen LogP contribution in [-0.4, -0.2) is 42.9 Å². The first kappa shape index (κ1) is 14.3. The van der Waals surface area contributed by atoms with Crippen molar-refractivity contribution in [3.63, 3.8) is 0 Å². The van der Waals surface area contributed by atoms with Crippen LogP contribution in [0.4, 0.5) is 0 Å². The van der Waals surface area contributed by atoms with E-state index in [1.165, 1.54) is 0 Å². The van der Waals surface area contributed by atoms with Crippen LogP contribution in [0.25, 0.3) is 0 Å². The Bertz CT molecular complexity index is 351. The van der Waals surface area contributed by atoms with E-state index >= 15 is 0 Å². The number of piperidine rings is 1. The Kier molecular flexibility index (Phi) is 4.45. The number of carbonyl (C=O) groups is 2. The molecule has 1 aliphatic heterocycles. The minimum atomic E-state index is -0.399. The van der Waals surface area contributed by atoms with Crippen molar-refractivity contribution < 1.29 is 9.59 Å². The summed E-state index contributed by atoms with van der Waals surface area (Å²) in [5.74, 6) is 0.0685. The van der Waals surface area contributed by atoms with Gasteiger partial charge in [0.2, 0.25) is 11.8 Å². The molecular formula is C14H25N3O2. The Balaban J connectivity index is 2.17. The van der Waals surface area contributed by atoms with E-state index < -0.39 is 5.41 Å². The van der Waals surface area contributed by atoms with E-state index in [9.17, 15) is 9.59 Å². The van der Waals surface area contributed by atoms with Crippen LogP contribution < -0.4 is 11.1 Å². The van der Waals surface area contributed by atoms with Crippen molar-refractivity contribution in [2.75, 3.05) is 20.1 Å². The van der Waals surface area contributed by atoms with Crippen molar-refractivity contribution in [2.45, 2.75) is 51.0 Å². The molecule has 1 saturated heterocycles. The molecule has 2 amide bonds. The lowest BCUT2D eigenvalue weighted by Crippen LogP contribution is -2.56. The highest BCUT2D eigenvalue weighted by Crippen LogP contribution is 2.40. The molecule has 1 heterocycles. The van der Waals surface area contributed by atoms with Crippen LogP contribution in [-0.2, 0) is 9.59 Å². The standard InChI is InChI=1S/C14H25N3O2/c1-16-12(18)11-6-2-5-9-17(11)13(19)14(10-15)7-3-4-8-14/h11H,2-10,15H2,1H3,(H,16,18). The van der Waals surface area contributed by atoms with Gasteiger partial charge < -0.3 is 16.0 Å².